The first-order valence-electron chi connectivity index (χ1n) is 7.55. The fourth-order valence-corrected chi connectivity index (χ4v) is 5.28. The summed E-state index contributed by atoms with van der Waals surface area (Å²) in [5.41, 5.74) is 6.10. The zero-order valence-electron chi connectivity index (χ0n) is 12.1. The van der Waals surface area contributed by atoms with Crippen molar-refractivity contribution in [2.24, 2.45) is 0 Å². The van der Waals surface area contributed by atoms with E-state index >= 15 is 0 Å². The Labute approximate surface area is 144 Å². The van der Waals surface area contributed by atoms with Crippen molar-refractivity contribution in [1.82, 2.24) is 0 Å². The van der Waals surface area contributed by atoms with E-state index in [1.165, 1.54) is 30.4 Å². The van der Waals surface area contributed by atoms with Gasteiger partial charge in [0.25, 0.3) is 0 Å². The molecule has 2 heteroatoms. The number of hydrogen-bond donors (Lipinski definition) is 0. The monoisotopic (exact) mass is 406 g/mol. The summed E-state index contributed by atoms with van der Waals surface area (Å²) < 4.78 is 0. The quantitative estimate of drug-likeness (QED) is 0.578. The highest BCUT2D eigenvalue weighted by Gasteiger charge is 2.30. The van der Waals surface area contributed by atoms with Crippen molar-refractivity contribution in [1.29, 1.82) is 0 Å². The van der Waals surface area contributed by atoms with Crippen molar-refractivity contribution in [3.63, 3.8) is 0 Å². The van der Waals surface area contributed by atoms with E-state index < -0.39 is 0 Å². The third-order valence-corrected chi connectivity index (χ3v) is 6.75. The fraction of sp³-hybridized carbons (Fsp3) is 0.368. The van der Waals surface area contributed by atoms with Gasteiger partial charge in [0.2, 0.25) is 0 Å². The Morgan fingerprint density at radius 1 is 0.857 bits per heavy atom. The van der Waals surface area contributed by atoms with Gasteiger partial charge in [-0.05, 0) is 47.9 Å². The Morgan fingerprint density at radius 3 is 2.29 bits per heavy atom. The van der Waals surface area contributed by atoms with Crippen molar-refractivity contribution in [3.8, 4) is 0 Å². The standard InChI is InChI=1S/C19H20Br2/c20-13-19(14-21,18-7-2-1-3-8-18)12-15-9-10-16-5-4-6-17(16)11-15/h1-3,7-11H,4-6,12-14H2. The van der Waals surface area contributed by atoms with Crippen LogP contribution in [0.15, 0.2) is 48.5 Å². The summed E-state index contributed by atoms with van der Waals surface area (Å²) in [6, 6.07) is 18.0. The highest BCUT2D eigenvalue weighted by Crippen LogP contribution is 2.34. The molecule has 0 amide bonds. The van der Waals surface area contributed by atoms with Crippen molar-refractivity contribution < 1.29 is 0 Å². The number of rotatable bonds is 5. The average molecular weight is 408 g/mol. The van der Waals surface area contributed by atoms with E-state index in [0.717, 1.165) is 17.1 Å². The predicted molar refractivity (Wildman–Crippen MR) is 97.9 cm³/mol. The number of aryl methyl sites for hydroxylation is 2. The molecule has 2 aromatic carbocycles. The zero-order chi connectivity index (χ0) is 14.7. The molecule has 0 atom stereocenters. The molecule has 110 valence electrons. The minimum atomic E-state index is 0.119. The molecule has 2 aromatic rings. The molecule has 0 spiro atoms. The molecule has 0 aliphatic heterocycles. The third kappa shape index (κ3) is 3.12. The summed E-state index contributed by atoms with van der Waals surface area (Å²) in [6.45, 7) is 0. The summed E-state index contributed by atoms with van der Waals surface area (Å²) >= 11 is 7.52. The van der Waals surface area contributed by atoms with Gasteiger partial charge in [0.05, 0.1) is 0 Å². The van der Waals surface area contributed by atoms with Crippen molar-refractivity contribution in [2.45, 2.75) is 31.1 Å². The van der Waals surface area contributed by atoms with Crippen LogP contribution in [0.25, 0.3) is 0 Å². The molecular formula is C19H20Br2. The topological polar surface area (TPSA) is 0 Å². The molecule has 0 radical (unpaired) electrons. The van der Waals surface area contributed by atoms with E-state index in [0.29, 0.717) is 0 Å². The van der Waals surface area contributed by atoms with Crippen molar-refractivity contribution in [2.75, 3.05) is 10.7 Å². The summed E-state index contributed by atoms with van der Waals surface area (Å²) in [5, 5.41) is 1.93. The van der Waals surface area contributed by atoms with Crippen LogP contribution in [-0.2, 0) is 24.7 Å². The van der Waals surface area contributed by atoms with Gasteiger partial charge < -0.3 is 0 Å². The lowest BCUT2D eigenvalue weighted by atomic mass is 9.79. The largest absolute Gasteiger partial charge is 0.0918 e. The van der Waals surface area contributed by atoms with Gasteiger partial charge in [-0.25, -0.2) is 0 Å². The molecule has 1 aliphatic rings. The molecule has 21 heavy (non-hydrogen) atoms. The highest BCUT2D eigenvalue weighted by molar-refractivity contribution is 9.09. The second-order valence-electron chi connectivity index (χ2n) is 6.05. The number of halogens is 2. The molecule has 0 bridgehead atoms. The molecule has 0 nitrogen and oxygen atoms in total. The van der Waals surface area contributed by atoms with Gasteiger partial charge in [0, 0.05) is 16.1 Å². The Kier molecular flexibility index (Phi) is 4.85. The Balaban J connectivity index is 1.92. The molecule has 0 heterocycles. The molecule has 3 rings (SSSR count). The van der Waals surface area contributed by atoms with Gasteiger partial charge in [-0.1, -0.05) is 80.4 Å². The van der Waals surface area contributed by atoms with Crippen LogP contribution in [0, 0.1) is 0 Å². The molecule has 0 N–H and O–H groups in total. The molecule has 0 aromatic heterocycles. The van der Waals surface area contributed by atoms with E-state index in [2.05, 4.69) is 80.4 Å². The lowest BCUT2D eigenvalue weighted by molar-refractivity contribution is 0.551. The van der Waals surface area contributed by atoms with E-state index in [1.54, 1.807) is 11.1 Å². The van der Waals surface area contributed by atoms with Crippen LogP contribution in [0.1, 0.15) is 28.7 Å². The number of fused-ring (bicyclic) bond motifs is 1. The first-order chi connectivity index (χ1) is 10.3. The van der Waals surface area contributed by atoms with Crippen LogP contribution >= 0.6 is 31.9 Å². The number of benzene rings is 2. The van der Waals surface area contributed by atoms with Gasteiger partial charge in [-0.3, -0.25) is 0 Å². The summed E-state index contributed by atoms with van der Waals surface area (Å²) in [6.07, 6.45) is 4.90. The van der Waals surface area contributed by atoms with Crippen LogP contribution in [0.4, 0.5) is 0 Å². The van der Waals surface area contributed by atoms with E-state index in [4.69, 9.17) is 0 Å². The fourth-order valence-electron chi connectivity index (χ4n) is 3.30. The Bertz CT molecular complexity index is 600. The second kappa shape index (κ2) is 6.66. The maximum absolute atomic E-state index is 3.76. The molecular weight excluding hydrogens is 388 g/mol. The average Bonchev–Trinajstić information content (AvgIpc) is 3.01. The van der Waals surface area contributed by atoms with Crippen LogP contribution in [0.3, 0.4) is 0 Å². The minimum Gasteiger partial charge on any atom is -0.0918 e. The highest BCUT2D eigenvalue weighted by atomic mass is 79.9. The molecule has 0 fully saturated rings. The molecule has 0 saturated carbocycles. The van der Waals surface area contributed by atoms with Gasteiger partial charge in [0.1, 0.15) is 0 Å². The first-order valence-corrected chi connectivity index (χ1v) is 9.80. The van der Waals surface area contributed by atoms with E-state index in [1.807, 2.05) is 0 Å². The van der Waals surface area contributed by atoms with Gasteiger partial charge in [0.15, 0.2) is 0 Å². The van der Waals surface area contributed by atoms with Gasteiger partial charge in [-0.15, -0.1) is 0 Å². The van der Waals surface area contributed by atoms with Crippen LogP contribution in [0.2, 0.25) is 0 Å². The lowest BCUT2D eigenvalue weighted by Crippen LogP contribution is -2.33. The Morgan fingerprint density at radius 2 is 1.57 bits per heavy atom. The number of alkyl halides is 2. The summed E-state index contributed by atoms with van der Waals surface area (Å²) in [5.74, 6) is 0. The maximum atomic E-state index is 3.76. The first kappa shape index (κ1) is 15.3. The zero-order valence-corrected chi connectivity index (χ0v) is 15.3. The molecule has 0 unspecified atom stereocenters. The van der Waals surface area contributed by atoms with Crippen molar-refractivity contribution in [3.05, 3.63) is 70.8 Å². The van der Waals surface area contributed by atoms with Crippen LogP contribution < -0.4 is 0 Å². The number of hydrogen-bond acceptors (Lipinski definition) is 0. The minimum absolute atomic E-state index is 0.119. The molecule has 1 aliphatic carbocycles. The molecule has 0 saturated heterocycles. The van der Waals surface area contributed by atoms with Gasteiger partial charge in [-0.2, -0.15) is 0 Å². The van der Waals surface area contributed by atoms with Gasteiger partial charge >= 0.3 is 0 Å². The maximum Gasteiger partial charge on any atom is 0.0187 e. The SMILES string of the molecule is BrCC(CBr)(Cc1ccc2c(c1)CCC2)c1ccccc1. The summed E-state index contributed by atoms with van der Waals surface area (Å²) in [7, 11) is 0. The lowest BCUT2D eigenvalue weighted by Gasteiger charge is -2.31. The Hall–Kier alpha value is -0.600. The van der Waals surface area contributed by atoms with Crippen molar-refractivity contribution >= 4 is 31.9 Å². The third-order valence-electron chi connectivity index (χ3n) is 4.60. The predicted octanol–water partition coefficient (Wildman–Crippen LogP) is 5.45. The second-order valence-corrected chi connectivity index (χ2v) is 7.17. The van der Waals surface area contributed by atoms with Crippen LogP contribution in [0.5, 0.6) is 0 Å². The smallest absolute Gasteiger partial charge is 0.0187 e. The van der Waals surface area contributed by atoms with E-state index in [-0.39, 0.29) is 5.41 Å². The van der Waals surface area contributed by atoms with Crippen LogP contribution in [-0.4, -0.2) is 10.7 Å². The normalized spacial score (nSPS) is 14.2. The summed E-state index contributed by atoms with van der Waals surface area (Å²) in [4.78, 5) is 0. The van der Waals surface area contributed by atoms with E-state index in [9.17, 15) is 0 Å².